The van der Waals surface area contributed by atoms with Gasteiger partial charge in [0.1, 0.15) is 23.8 Å². The van der Waals surface area contributed by atoms with Crippen LogP contribution in [0.4, 0.5) is 27.8 Å². The van der Waals surface area contributed by atoms with E-state index in [2.05, 4.69) is 15.4 Å². The minimum absolute atomic E-state index is 0.0277. The molecule has 0 aliphatic carbocycles. The first kappa shape index (κ1) is 26.3. The molecule has 0 radical (unpaired) electrons. The first-order valence-electron chi connectivity index (χ1n) is 11.5. The molecule has 1 saturated heterocycles. The zero-order chi connectivity index (χ0) is 27.2. The van der Waals surface area contributed by atoms with Crippen molar-refractivity contribution >= 4 is 23.1 Å². The predicted octanol–water partition coefficient (Wildman–Crippen LogP) is 3.77. The molecule has 0 unspecified atom stereocenters. The minimum Gasteiger partial charge on any atom is -0.382 e. The molecule has 13 heteroatoms. The molecule has 1 aliphatic rings. The van der Waals surface area contributed by atoms with Crippen molar-refractivity contribution in [3.63, 3.8) is 0 Å². The fraction of sp³-hybridized carbons (Fsp3) is 0.417. The van der Waals surface area contributed by atoms with E-state index in [1.165, 1.54) is 11.8 Å². The molecule has 2 atom stereocenters. The molecule has 198 valence electrons. The molecule has 8 nitrogen and oxygen atoms in total. The monoisotopic (exact) mass is 524 g/mol. The number of rotatable bonds is 5. The van der Waals surface area contributed by atoms with Crippen LogP contribution in [0.2, 0.25) is 0 Å². The predicted molar refractivity (Wildman–Crippen MR) is 125 cm³/mol. The van der Waals surface area contributed by atoms with E-state index < -0.39 is 47.0 Å². The number of likely N-dealkylation sites (tertiary alicyclic amines) is 1. The third-order valence-electron chi connectivity index (χ3n) is 6.22. The van der Waals surface area contributed by atoms with Crippen LogP contribution in [0.5, 0.6) is 0 Å². The summed E-state index contributed by atoms with van der Waals surface area (Å²) in [4.78, 5) is 30.3. The van der Waals surface area contributed by atoms with Crippen molar-refractivity contribution in [3.05, 3.63) is 47.0 Å². The Balaban J connectivity index is 1.68. The van der Waals surface area contributed by atoms with Crippen molar-refractivity contribution in [2.24, 2.45) is 5.92 Å². The topological polar surface area (TPSA) is 106 Å². The number of carbonyl (C=O) groups is 2. The summed E-state index contributed by atoms with van der Waals surface area (Å²) in [5, 5.41) is 6.34. The summed E-state index contributed by atoms with van der Waals surface area (Å²) in [5.41, 5.74) is 3.43. The number of aromatic nitrogens is 3. The second-order valence-electron chi connectivity index (χ2n) is 9.49. The van der Waals surface area contributed by atoms with Crippen molar-refractivity contribution < 1.29 is 31.5 Å². The van der Waals surface area contributed by atoms with Gasteiger partial charge in [-0.1, -0.05) is 13.8 Å². The molecule has 0 spiro atoms. The fourth-order valence-electron chi connectivity index (χ4n) is 4.42. The second kappa shape index (κ2) is 9.60. The molecular formula is C24H25F5N6O2. The van der Waals surface area contributed by atoms with Gasteiger partial charge in [-0.25, -0.2) is 18.3 Å². The number of nitrogen functional groups attached to an aromatic ring is 1. The molecular weight excluding hydrogens is 499 g/mol. The molecule has 2 amide bonds. The van der Waals surface area contributed by atoms with Crippen LogP contribution in [0.25, 0.3) is 16.8 Å². The number of anilines is 1. The highest BCUT2D eigenvalue weighted by atomic mass is 19.4. The number of amides is 2. The van der Waals surface area contributed by atoms with Gasteiger partial charge in [-0.2, -0.15) is 18.3 Å². The first-order chi connectivity index (χ1) is 17.3. The smallest absolute Gasteiger partial charge is 0.382 e. The summed E-state index contributed by atoms with van der Waals surface area (Å²) in [7, 11) is 0. The number of nitrogens with one attached hydrogen (secondary N) is 1. The van der Waals surface area contributed by atoms with E-state index in [9.17, 15) is 27.2 Å². The van der Waals surface area contributed by atoms with Gasteiger partial charge in [0.2, 0.25) is 5.91 Å². The third kappa shape index (κ3) is 5.07. The summed E-state index contributed by atoms with van der Waals surface area (Å²) < 4.78 is 71.5. The Bertz CT molecular complexity index is 1370. The van der Waals surface area contributed by atoms with Crippen LogP contribution in [-0.4, -0.2) is 56.6 Å². The Kier molecular flexibility index (Phi) is 6.82. The number of aryl methyl sites for hydroxylation is 1. The Labute approximate surface area is 208 Å². The molecule has 3 N–H and O–H groups in total. The van der Waals surface area contributed by atoms with Gasteiger partial charge in [0, 0.05) is 24.1 Å². The number of nitrogens with zero attached hydrogens (tertiary/aromatic N) is 4. The quantitative estimate of drug-likeness (QED) is 0.495. The SMILES string of the molecule is Cc1cc(F)c(-c2cc(C(F)(F)F)c3c(N)ncnn23)cc1C(=O)N[C@@H]1CN(C(=O)CC(C)C)C[C@@H]1F. The van der Waals surface area contributed by atoms with Crippen LogP contribution in [0, 0.1) is 18.7 Å². The van der Waals surface area contributed by atoms with E-state index in [0.717, 1.165) is 23.0 Å². The fourth-order valence-corrected chi connectivity index (χ4v) is 4.42. The Morgan fingerprint density at radius 3 is 2.57 bits per heavy atom. The molecule has 1 aromatic carbocycles. The highest BCUT2D eigenvalue weighted by Gasteiger charge is 2.38. The lowest BCUT2D eigenvalue weighted by molar-refractivity contribution is -0.136. The maximum absolute atomic E-state index is 15.0. The van der Waals surface area contributed by atoms with Gasteiger partial charge < -0.3 is 16.0 Å². The number of benzene rings is 1. The molecule has 2 aromatic heterocycles. The van der Waals surface area contributed by atoms with E-state index >= 15 is 4.39 Å². The van der Waals surface area contributed by atoms with Crippen LogP contribution in [0.1, 0.15) is 41.8 Å². The molecule has 1 aliphatic heterocycles. The van der Waals surface area contributed by atoms with E-state index in [4.69, 9.17) is 5.73 Å². The van der Waals surface area contributed by atoms with E-state index in [1.807, 2.05) is 13.8 Å². The molecule has 3 aromatic rings. The summed E-state index contributed by atoms with van der Waals surface area (Å²) in [6.07, 6.45) is -5.17. The third-order valence-corrected chi connectivity index (χ3v) is 6.22. The maximum atomic E-state index is 15.0. The van der Waals surface area contributed by atoms with Crippen LogP contribution in [-0.2, 0) is 11.0 Å². The van der Waals surface area contributed by atoms with Crippen LogP contribution < -0.4 is 11.1 Å². The Morgan fingerprint density at radius 1 is 1.22 bits per heavy atom. The number of hydrogen-bond acceptors (Lipinski definition) is 5. The summed E-state index contributed by atoms with van der Waals surface area (Å²) >= 11 is 0. The normalized spacial score (nSPS) is 18.1. The molecule has 1 fully saturated rings. The van der Waals surface area contributed by atoms with Crippen molar-refractivity contribution in [1.82, 2.24) is 24.8 Å². The van der Waals surface area contributed by atoms with Gasteiger partial charge in [-0.05, 0) is 36.6 Å². The highest BCUT2D eigenvalue weighted by molar-refractivity contribution is 5.97. The van der Waals surface area contributed by atoms with Crippen LogP contribution in [0.15, 0.2) is 24.5 Å². The van der Waals surface area contributed by atoms with E-state index in [1.54, 1.807) is 0 Å². The molecule has 0 bridgehead atoms. The molecule has 4 rings (SSSR count). The highest BCUT2D eigenvalue weighted by Crippen LogP contribution is 2.39. The van der Waals surface area contributed by atoms with Gasteiger partial charge in [0.25, 0.3) is 5.91 Å². The Morgan fingerprint density at radius 2 is 1.92 bits per heavy atom. The summed E-state index contributed by atoms with van der Waals surface area (Å²) in [6.45, 7) is 4.98. The maximum Gasteiger partial charge on any atom is 0.418 e. The van der Waals surface area contributed by atoms with E-state index in [0.29, 0.717) is 6.07 Å². The minimum atomic E-state index is -4.83. The number of hydrogen-bond donors (Lipinski definition) is 2. The van der Waals surface area contributed by atoms with Gasteiger partial charge in [-0.3, -0.25) is 9.59 Å². The number of halogens is 5. The number of nitrogens with two attached hydrogens (primary N) is 1. The average molecular weight is 524 g/mol. The van der Waals surface area contributed by atoms with Crippen molar-refractivity contribution in [3.8, 4) is 11.3 Å². The largest absolute Gasteiger partial charge is 0.418 e. The summed E-state index contributed by atoms with van der Waals surface area (Å²) in [5.74, 6) is -2.24. The van der Waals surface area contributed by atoms with Crippen molar-refractivity contribution in [1.29, 1.82) is 0 Å². The van der Waals surface area contributed by atoms with E-state index in [-0.39, 0.29) is 53.7 Å². The van der Waals surface area contributed by atoms with Gasteiger partial charge in [-0.15, -0.1) is 0 Å². The Hall–Kier alpha value is -3.77. The number of carbonyl (C=O) groups excluding carboxylic acids is 2. The zero-order valence-corrected chi connectivity index (χ0v) is 20.2. The second-order valence-corrected chi connectivity index (χ2v) is 9.49. The molecule has 3 heterocycles. The standard InChI is InChI=1S/C24H25F5N6O2/c1-11(2)4-20(36)34-8-17(26)18(9-34)33-23(37)13-6-14(16(25)5-12(13)3)19-7-15(24(27,28)29)21-22(30)31-10-32-35(19)21/h5-7,10-11,17-18H,4,8-9H2,1-3H3,(H,33,37)(H2,30,31,32)/t17-,18+/m0/s1. The molecule has 0 saturated carbocycles. The van der Waals surface area contributed by atoms with Crippen molar-refractivity contribution in [2.45, 2.75) is 45.6 Å². The lowest BCUT2D eigenvalue weighted by Gasteiger charge is -2.18. The van der Waals surface area contributed by atoms with Crippen molar-refractivity contribution in [2.75, 3.05) is 18.8 Å². The number of fused-ring (bicyclic) bond motifs is 1. The molecule has 37 heavy (non-hydrogen) atoms. The summed E-state index contributed by atoms with van der Waals surface area (Å²) in [6, 6.07) is 1.78. The first-order valence-corrected chi connectivity index (χ1v) is 11.5. The van der Waals surface area contributed by atoms with Crippen LogP contribution >= 0.6 is 0 Å². The average Bonchev–Trinajstić information content (AvgIpc) is 3.35. The lowest BCUT2D eigenvalue weighted by atomic mass is 10.0. The zero-order valence-electron chi connectivity index (χ0n) is 20.2. The lowest BCUT2D eigenvalue weighted by Crippen LogP contribution is -2.42. The van der Waals surface area contributed by atoms with Gasteiger partial charge >= 0.3 is 6.18 Å². The van der Waals surface area contributed by atoms with Gasteiger partial charge in [0.05, 0.1) is 23.8 Å². The van der Waals surface area contributed by atoms with Gasteiger partial charge in [0.15, 0.2) is 5.82 Å². The number of alkyl halides is 4. The van der Waals surface area contributed by atoms with Crippen LogP contribution in [0.3, 0.4) is 0 Å².